The highest BCUT2D eigenvalue weighted by Gasteiger charge is 2.22. The minimum atomic E-state index is -4.03. The topological polar surface area (TPSA) is 54.5 Å². The lowest BCUT2D eigenvalue weighted by atomic mass is 10.2. The van der Waals surface area contributed by atoms with Crippen LogP contribution in [0.15, 0.2) is 17.0 Å². The van der Waals surface area contributed by atoms with Crippen molar-refractivity contribution in [3.63, 3.8) is 0 Å². The molecule has 106 valence electrons. The van der Waals surface area contributed by atoms with Crippen LogP contribution in [0.2, 0.25) is 10.0 Å². The van der Waals surface area contributed by atoms with E-state index in [9.17, 15) is 13.2 Å². The van der Waals surface area contributed by atoms with E-state index >= 15 is 0 Å². The lowest BCUT2D eigenvalue weighted by Gasteiger charge is -2.17. The fraction of sp³-hybridized carbons (Fsp3) is 0.364. The van der Waals surface area contributed by atoms with Gasteiger partial charge in [0, 0.05) is 24.3 Å². The van der Waals surface area contributed by atoms with Crippen LogP contribution in [0.5, 0.6) is 0 Å². The van der Waals surface area contributed by atoms with Gasteiger partial charge in [-0.1, -0.05) is 30.1 Å². The van der Waals surface area contributed by atoms with Crippen molar-refractivity contribution in [2.24, 2.45) is 0 Å². The van der Waals surface area contributed by atoms with Crippen LogP contribution >= 0.6 is 33.9 Å². The van der Waals surface area contributed by atoms with E-state index < -0.39 is 9.05 Å². The molecule has 1 aromatic rings. The molecule has 1 aromatic carbocycles. The second-order valence-corrected chi connectivity index (χ2v) is 7.28. The second kappa shape index (κ2) is 6.31. The SMILES string of the molecule is CCCN(C)C(=O)c1cc(S(=O)(=O)Cl)c(Cl)cc1Cl. The van der Waals surface area contributed by atoms with Gasteiger partial charge < -0.3 is 4.90 Å². The molecule has 1 rings (SSSR count). The molecule has 19 heavy (non-hydrogen) atoms. The molecule has 0 aliphatic rings. The van der Waals surface area contributed by atoms with Gasteiger partial charge in [-0.25, -0.2) is 8.42 Å². The standard InChI is InChI=1S/C11H12Cl3NO3S/c1-3-4-15(2)11(16)7-5-10(19(14,17)18)9(13)6-8(7)12/h5-6H,3-4H2,1-2H3. The molecule has 0 aliphatic carbocycles. The fourth-order valence-corrected chi connectivity index (χ4v) is 3.34. The van der Waals surface area contributed by atoms with Crippen LogP contribution in [0.4, 0.5) is 0 Å². The number of halogens is 3. The summed E-state index contributed by atoms with van der Waals surface area (Å²) in [6.45, 7) is 2.45. The Morgan fingerprint density at radius 2 is 1.84 bits per heavy atom. The molecule has 0 N–H and O–H groups in total. The van der Waals surface area contributed by atoms with E-state index in [1.165, 1.54) is 11.0 Å². The lowest BCUT2D eigenvalue weighted by molar-refractivity contribution is 0.0795. The maximum Gasteiger partial charge on any atom is 0.262 e. The zero-order valence-corrected chi connectivity index (χ0v) is 13.4. The summed E-state index contributed by atoms with van der Waals surface area (Å²) in [5.41, 5.74) is 0.0567. The Bertz CT molecular complexity index is 601. The van der Waals surface area contributed by atoms with E-state index in [1.54, 1.807) is 7.05 Å². The van der Waals surface area contributed by atoms with E-state index in [0.717, 1.165) is 12.5 Å². The molecule has 8 heteroatoms. The van der Waals surface area contributed by atoms with E-state index in [2.05, 4.69) is 0 Å². The number of benzene rings is 1. The summed E-state index contributed by atoms with van der Waals surface area (Å²) in [4.78, 5) is 13.2. The van der Waals surface area contributed by atoms with Crippen molar-refractivity contribution in [3.8, 4) is 0 Å². The maximum atomic E-state index is 12.1. The van der Waals surface area contributed by atoms with Gasteiger partial charge in [-0.2, -0.15) is 0 Å². The van der Waals surface area contributed by atoms with Gasteiger partial charge in [-0.3, -0.25) is 4.79 Å². The third kappa shape index (κ3) is 3.99. The molecule has 4 nitrogen and oxygen atoms in total. The monoisotopic (exact) mass is 343 g/mol. The van der Waals surface area contributed by atoms with Gasteiger partial charge >= 0.3 is 0 Å². The Balaban J connectivity index is 3.34. The number of rotatable bonds is 4. The first kappa shape index (κ1) is 16.6. The molecule has 0 aromatic heterocycles. The maximum absolute atomic E-state index is 12.1. The molecular weight excluding hydrogens is 333 g/mol. The summed E-state index contributed by atoms with van der Waals surface area (Å²) in [7, 11) is 2.82. The molecule has 0 fully saturated rings. The van der Waals surface area contributed by atoms with Crippen molar-refractivity contribution in [3.05, 3.63) is 27.7 Å². The molecule has 0 bridgehead atoms. The van der Waals surface area contributed by atoms with Crippen LogP contribution in [0.25, 0.3) is 0 Å². The molecule has 1 amide bonds. The number of carbonyl (C=O) groups is 1. The molecule has 0 saturated carbocycles. The average Bonchev–Trinajstić information content (AvgIpc) is 2.26. The molecule has 0 spiro atoms. The van der Waals surface area contributed by atoms with E-state index in [4.69, 9.17) is 33.9 Å². The predicted octanol–water partition coefficient (Wildman–Crippen LogP) is 3.40. The van der Waals surface area contributed by atoms with Crippen LogP contribution in [0.3, 0.4) is 0 Å². The average molecular weight is 345 g/mol. The third-order valence-electron chi connectivity index (χ3n) is 2.42. The minimum Gasteiger partial charge on any atom is -0.342 e. The van der Waals surface area contributed by atoms with E-state index in [1.807, 2.05) is 6.92 Å². The molecule has 0 heterocycles. The second-order valence-electron chi connectivity index (χ2n) is 3.93. The Hall–Kier alpha value is -0.490. The number of hydrogen-bond acceptors (Lipinski definition) is 3. The third-order valence-corrected chi connectivity index (χ3v) is 4.52. The van der Waals surface area contributed by atoms with Crippen molar-refractivity contribution < 1.29 is 13.2 Å². The van der Waals surface area contributed by atoms with Gasteiger partial charge in [0.05, 0.1) is 15.6 Å². The van der Waals surface area contributed by atoms with E-state index in [-0.39, 0.29) is 26.4 Å². The van der Waals surface area contributed by atoms with Crippen molar-refractivity contribution in [1.29, 1.82) is 0 Å². The molecular formula is C11H12Cl3NO3S. The first-order chi connectivity index (χ1) is 8.68. The molecule has 0 unspecified atom stereocenters. The van der Waals surface area contributed by atoms with Crippen molar-refractivity contribution in [2.75, 3.05) is 13.6 Å². The van der Waals surface area contributed by atoms with Crippen LogP contribution in [0.1, 0.15) is 23.7 Å². The van der Waals surface area contributed by atoms with Crippen LogP contribution in [-0.2, 0) is 9.05 Å². The number of amides is 1. The normalized spacial score (nSPS) is 11.4. The highest BCUT2D eigenvalue weighted by atomic mass is 35.7. The van der Waals surface area contributed by atoms with Gasteiger partial charge in [0.2, 0.25) is 0 Å². The summed E-state index contributed by atoms with van der Waals surface area (Å²) in [6.07, 6.45) is 0.772. The highest BCUT2D eigenvalue weighted by Crippen LogP contribution is 2.31. The zero-order valence-electron chi connectivity index (χ0n) is 10.3. The van der Waals surface area contributed by atoms with E-state index in [0.29, 0.717) is 6.54 Å². The Morgan fingerprint density at radius 3 is 2.32 bits per heavy atom. The Morgan fingerprint density at radius 1 is 1.26 bits per heavy atom. The number of hydrogen-bond donors (Lipinski definition) is 0. The zero-order chi connectivity index (χ0) is 14.8. The quantitative estimate of drug-likeness (QED) is 0.787. The summed E-state index contributed by atoms with van der Waals surface area (Å²) >= 11 is 11.7. The van der Waals surface area contributed by atoms with Crippen LogP contribution in [0, 0.1) is 0 Å². The summed E-state index contributed by atoms with van der Waals surface area (Å²) in [5, 5.41) is -0.0308. The summed E-state index contributed by atoms with van der Waals surface area (Å²) in [5.74, 6) is -0.384. The summed E-state index contributed by atoms with van der Waals surface area (Å²) in [6, 6.07) is 2.30. The molecule has 0 radical (unpaired) electrons. The first-order valence-corrected chi connectivity index (χ1v) is 8.44. The largest absolute Gasteiger partial charge is 0.342 e. The molecule has 0 saturated heterocycles. The molecule has 0 atom stereocenters. The van der Waals surface area contributed by atoms with Gasteiger partial charge in [0.15, 0.2) is 0 Å². The number of carbonyl (C=O) groups excluding carboxylic acids is 1. The van der Waals surface area contributed by atoms with Gasteiger partial charge in [-0.15, -0.1) is 0 Å². The Kier molecular flexibility index (Phi) is 5.50. The van der Waals surface area contributed by atoms with Gasteiger partial charge in [-0.05, 0) is 18.6 Å². The van der Waals surface area contributed by atoms with Gasteiger partial charge in [0.1, 0.15) is 4.90 Å². The van der Waals surface area contributed by atoms with Crippen LogP contribution < -0.4 is 0 Å². The van der Waals surface area contributed by atoms with Crippen molar-refractivity contribution in [2.45, 2.75) is 18.2 Å². The highest BCUT2D eigenvalue weighted by molar-refractivity contribution is 8.13. The number of nitrogens with zero attached hydrogens (tertiary/aromatic N) is 1. The Labute approximate surface area is 126 Å². The van der Waals surface area contributed by atoms with Gasteiger partial charge in [0.25, 0.3) is 15.0 Å². The van der Waals surface area contributed by atoms with Crippen LogP contribution in [-0.4, -0.2) is 32.8 Å². The minimum absolute atomic E-state index is 0.0567. The van der Waals surface area contributed by atoms with Crippen molar-refractivity contribution in [1.82, 2.24) is 4.90 Å². The smallest absolute Gasteiger partial charge is 0.262 e. The predicted molar refractivity (Wildman–Crippen MR) is 76.8 cm³/mol. The summed E-state index contributed by atoms with van der Waals surface area (Å²) < 4.78 is 22.7. The first-order valence-electron chi connectivity index (χ1n) is 5.37. The fourth-order valence-electron chi connectivity index (χ4n) is 1.52. The molecule has 0 aliphatic heterocycles. The van der Waals surface area contributed by atoms with Crippen molar-refractivity contribution >= 4 is 48.8 Å². The lowest BCUT2D eigenvalue weighted by Crippen LogP contribution is -2.27.